The van der Waals surface area contributed by atoms with Crippen LogP contribution in [-0.2, 0) is 59.1 Å². The van der Waals surface area contributed by atoms with Crippen LogP contribution in [0.3, 0.4) is 0 Å². The molecule has 6 atom stereocenters. The Morgan fingerprint density at radius 2 is 1.00 bits per heavy atom. The summed E-state index contributed by atoms with van der Waals surface area (Å²) >= 11 is 12.3. The molecule has 2 aliphatic rings. The summed E-state index contributed by atoms with van der Waals surface area (Å²) in [6.07, 6.45) is -3.31. The number of oxazole rings is 2. The maximum Gasteiger partial charge on any atom is 1.00 e. The number of rotatable bonds is 17. The Bertz CT molecular complexity index is 3250. The number of alkyl halides is 6. The maximum absolute atomic E-state index is 13.7. The summed E-state index contributed by atoms with van der Waals surface area (Å²) in [6.45, 7) is 16.3. The molecule has 0 spiro atoms. The molecule has 2 saturated heterocycles. The number of hydrogen-bond acceptors (Lipinski definition) is 13. The number of esters is 1. The van der Waals surface area contributed by atoms with Gasteiger partial charge in [0.05, 0.1) is 24.3 Å². The molecule has 477 valence electrons. The van der Waals surface area contributed by atoms with Gasteiger partial charge in [0.1, 0.15) is 29.4 Å². The van der Waals surface area contributed by atoms with Gasteiger partial charge in [-0.25, -0.2) is 14.4 Å². The van der Waals surface area contributed by atoms with Crippen molar-refractivity contribution in [2.45, 2.75) is 193 Å². The second-order valence-electron chi connectivity index (χ2n) is 23.8. The number of halogens is 8. The van der Waals surface area contributed by atoms with E-state index in [2.05, 4.69) is 9.97 Å². The van der Waals surface area contributed by atoms with E-state index in [1.807, 2.05) is 126 Å². The first kappa shape index (κ1) is 73.4. The average Bonchev–Trinajstić information content (AvgIpc) is 1.51. The molecule has 89 heavy (non-hydrogen) atoms. The Kier molecular flexibility index (Phi) is 26.1. The van der Waals surface area contributed by atoms with Crippen molar-refractivity contribution < 1.29 is 89.2 Å². The number of anilines is 2. The molecule has 4 aromatic carbocycles. The average molecular weight is 1280 g/mol. The number of carbonyl (C=O) groups is 3. The van der Waals surface area contributed by atoms with Gasteiger partial charge < -0.3 is 49.2 Å². The SMILES string of the molecule is CCOC(=O)c1coc(N(Cc2cc(Cl)cc(C(F)(F)F)c2)[C@H]2C[C@@H](CC)N(C(=O)OC(C)(C)C)[C@@H](Cc3ccccc3)C2)n1.CC[C@@H]1C[C@H](N(Cc2cc(Cl)cc(C(F)(F)F)c2)c2nc(CO)co2)C[C@H](Cc2ccccc2)N1C(=O)OC(C)(C)C.[B].[H-].[Li+]. The van der Waals surface area contributed by atoms with E-state index >= 15 is 0 Å². The molecule has 2 aromatic heterocycles. The molecule has 0 unspecified atom stereocenters. The van der Waals surface area contributed by atoms with Crippen molar-refractivity contribution in [2.24, 2.45) is 0 Å². The Hall–Kier alpha value is -6.31. The van der Waals surface area contributed by atoms with E-state index in [4.69, 9.17) is 46.2 Å². The van der Waals surface area contributed by atoms with Crippen molar-refractivity contribution in [2.75, 3.05) is 16.4 Å². The summed E-state index contributed by atoms with van der Waals surface area (Å²) in [6, 6.07) is 25.0. The molecule has 0 saturated carbocycles. The van der Waals surface area contributed by atoms with Crippen LogP contribution in [0.4, 0.5) is 48.0 Å². The van der Waals surface area contributed by atoms with Gasteiger partial charge in [-0.3, -0.25) is 0 Å². The van der Waals surface area contributed by atoms with Crippen LogP contribution in [-0.4, -0.2) is 106 Å². The predicted octanol–water partition coefficient (Wildman–Crippen LogP) is 12.7. The number of ether oxygens (including phenoxy) is 3. The third-order valence-corrected chi connectivity index (χ3v) is 15.3. The van der Waals surface area contributed by atoms with Gasteiger partial charge in [-0.15, -0.1) is 0 Å². The fourth-order valence-electron chi connectivity index (χ4n) is 11.2. The van der Waals surface area contributed by atoms with Gasteiger partial charge in [0, 0.05) is 67.8 Å². The van der Waals surface area contributed by atoms with Gasteiger partial charge >= 0.3 is 49.4 Å². The topological polar surface area (TPSA) is 164 Å². The number of carbonyl (C=O) groups excluding carboxylic acids is 3. The fraction of sp³-hybridized carbons (Fsp3) is 0.484. The largest absolute Gasteiger partial charge is 1.00 e. The van der Waals surface area contributed by atoms with Crippen LogP contribution in [0.2, 0.25) is 10.0 Å². The smallest absolute Gasteiger partial charge is 1.00 e. The number of amides is 2. The Labute approximate surface area is 542 Å². The predicted molar refractivity (Wildman–Crippen MR) is 325 cm³/mol. The molecule has 4 heterocycles. The van der Waals surface area contributed by atoms with E-state index in [0.29, 0.717) is 62.6 Å². The summed E-state index contributed by atoms with van der Waals surface area (Å²) in [5.41, 5.74) is -0.191. The molecule has 25 heteroatoms. The molecule has 8 rings (SSSR count). The van der Waals surface area contributed by atoms with E-state index in [-0.39, 0.29) is 125 Å². The van der Waals surface area contributed by atoms with Gasteiger partial charge in [-0.2, -0.15) is 36.3 Å². The van der Waals surface area contributed by atoms with E-state index in [9.17, 15) is 45.8 Å². The zero-order chi connectivity index (χ0) is 63.6. The van der Waals surface area contributed by atoms with Crippen molar-refractivity contribution >= 4 is 61.8 Å². The second-order valence-corrected chi connectivity index (χ2v) is 24.7. The number of benzene rings is 4. The van der Waals surface area contributed by atoms with Crippen molar-refractivity contribution in [3.05, 3.63) is 164 Å². The van der Waals surface area contributed by atoms with Crippen LogP contribution in [0.15, 0.2) is 118 Å². The van der Waals surface area contributed by atoms with E-state index < -0.39 is 52.8 Å². The zero-order valence-corrected chi connectivity index (χ0v) is 53.4. The number of likely N-dealkylation sites (tertiary alicyclic amines) is 2. The van der Waals surface area contributed by atoms with E-state index in [1.54, 1.807) is 16.7 Å². The minimum atomic E-state index is -4.60. The quantitative estimate of drug-likeness (QED) is 0.0397. The minimum absolute atomic E-state index is 0. The molecule has 1 N–H and O–H groups in total. The maximum atomic E-state index is 13.7. The second kappa shape index (κ2) is 31.6. The molecule has 2 fully saturated rings. The van der Waals surface area contributed by atoms with Crippen LogP contribution in [0.25, 0.3) is 0 Å². The molecule has 15 nitrogen and oxygen atoms in total. The third-order valence-electron chi connectivity index (χ3n) is 14.9. The number of aliphatic hydroxyl groups is 1. The van der Waals surface area contributed by atoms with Crippen LogP contribution >= 0.6 is 23.2 Å². The molecular formula is C64H77BCl2F6LiN6O9. The fourth-order valence-corrected chi connectivity index (χ4v) is 11.7. The molecule has 6 aromatic rings. The van der Waals surface area contributed by atoms with Crippen LogP contribution in [0.5, 0.6) is 0 Å². The number of piperidine rings is 2. The van der Waals surface area contributed by atoms with E-state index in [1.165, 1.54) is 24.7 Å². The molecule has 0 aliphatic carbocycles. The Balaban J connectivity index is 0.000000373. The number of aromatic nitrogens is 2. The standard InChI is InChI=1S/C33H39ClF3N3O5.C31H37ClF3N3O4.B.Li.H/c1-6-25-17-26(18-27(15-21-11-9-8-10-12-21)40(25)31(42)45-32(3,4)5)39(30-38-28(20-44-30)29(41)43-7-2)19-22-13-23(33(35,36)37)16-24(34)14-22;1-5-25-15-26(16-27(13-20-9-7-6-8-10-20)38(25)29(40)42-30(2,3)4)37(28-36-24(18-39)19-41-28)17-21-11-22(31(33,34)35)14-23(32)12-21;;;/h8-14,16,20,25-27H,6-7,15,17-19H2,1-5H3;6-12,14,19,25-27,39H,5,13,15-18H2,1-4H3;;;/q;;;+1;-1/t2*25-,26+,27+;;;/m11.../s1. The van der Waals surface area contributed by atoms with Crippen molar-refractivity contribution in [1.82, 2.24) is 19.8 Å². The first-order chi connectivity index (χ1) is 40.9. The number of aliphatic hydroxyl groups excluding tert-OH is 1. The van der Waals surface area contributed by atoms with Gasteiger partial charge in [-0.05, 0) is 158 Å². The molecular weight excluding hydrogens is 1200 g/mol. The summed E-state index contributed by atoms with van der Waals surface area (Å²) < 4.78 is 110. The normalized spacial score (nSPS) is 18.8. The minimum Gasteiger partial charge on any atom is -1.00 e. The van der Waals surface area contributed by atoms with Crippen molar-refractivity contribution in [3.63, 3.8) is 0 Å². The number of hydrogen-bond donors (Lipinski definition) is 1. The van der Waals surface area contributed by atoms with Crippen LogP contribution < -0.4 is 28.7 Å². The van der Waals surface area contributed by atoms with Gasteiger partial charge in [0.2, 0.25) is 0 Å². The first-order valence-corrected chi connectivity index (χ1v) is 29.8. The molecule has 0 bridgehead atoms. The van der Waals surface area contributed by atoms with Gasteiger partial charge in [-0.1, -0.05) is 97.7 Å². The molecule has 2 amide bonds. The number of nitrogens with zero attached hydrogens (tertiary/aromatic N) is 6. The monoisotopic (exact) mass is 1280 g/mol. The summed E-state index contributed by atoms with van der Waals surface area (Å²) in [5, 5.41) is 9.53. The van der Waals surface area contributed by atoms with Crippen LogP contribution in [0, 0.1) is 0 Å². The van der Waals surface area contributed by atoms with E-state index in [0.717, 1.165) is 35.4 Å². The van der Waals surface area contributed by atoms with Crippen molar-refractivity contribution in [1.29, 1.82) is 0 Å². The Morgan fingerprint density at radius 1 is 0.607 bits per heavy atom. The van der Waals surface area contributed by atoms with Crippen LogP contribution in [0.1, 0.15) is 152 Å². The zero-order valence-electron chi connectivity index (χ0n) is 52.8. The summed E-state index contributed by atoms with van der Waals surface area (Å²) in [4.78, 5) is 55.6. The van der Waals surface area contributed by atoms with Crippen molar-refractivity contribution in [3.8, 4) is 0 Å². The summed E-state index contributed by atoms with van der Waals surface area (Å²) in [7, 11) is 0. The van der Waals surface area contributed by atoms with Gasteiger partial charge in [0.15, 0.2) is 5.69 Å². The summed E-state index contributed by atoms with van der Waals surface area (Å²) in [5.74, 6) is -0.678. The first-order valence-electron chi connectivity index (χ1n) is 29.0. The Morgan fingerprint density at radius 3 is 1.36 bits per heavy atom. The molecule has 3 radical (unpaired) electrons. The van der Waals surface area contributed by atoms with Gasteiger partial charge in [0.25, 0.3) is 12.0 Å². The third kappa shape index (κ3) is 20.6. The molecule has 2 aliphatic heterocycles.